The molecule has 10 heteroatoms. The van der Waals surface area contributed by atoms with E-state index in [0.29, 0.717) is 32.5 Å². The molecule has 1 saturated heterocycles. The Morgan fingerprint density at radius 1 is 1.38 bits per heavy atom. The lowest BCUT2D eigenvalue weighted by Crippen LogP contribution is -2.59. The van der Waals surface area contributed by atoms with Gasteiger partial charge in [-0.25, -0.2) is 4.79 Å². The molecule has 1 aliphatic heterocycles. The summed E-state index contributed by atoms with van der Waals surface area (Å²) in [6.07, 6.45) is 3.62. The predicted molar refractivity (Wildman–Crippen MR) is 78.3 cm³/mol. The molecule has 1 heterocycles. The highest BCUT2D eigenvalue weighted by Crippen LogP contribution is 2.44. The van der Waals surface area contributed by atoms with E-state index in [1.807, 2.05) is 6.92 Å². The van der Waals surface area contributed by atoms with Crippen LogP contribution in [0.2, 0.25) is 0 Å². The molecule has 138 valence electrons. The van der Waals surface area contributed by atoms with E-state index in [0.717, 1.165) is 12.8 Å². The topological polar surface area (TPSA) is 72.9 Å². The second-order valence-electron chi connectivity index (χ2n) is 6.18. The van der Waals surface area contributed by atoms with Crippen LogP contribution in [0, 0.1) is 5.41 Å². The van der Waals surface area contributed by atoms with Gasteiger partial charge in [0.05, 0.1) is 6.61 Å². The number of amides is 1. The highest BCUT2D eigenvalue weighted by atomic mass is 32.2. The zero-order valence-corrected chi connectivity index (χ0v) is 14.1. The second kappa shape index (κ2) is 6.81. The van der Waals surface area contributed by atoms with Gasteiger partial charge in [0, 0.05) is 24.9 Å². The Kier molecular flexibility index (Phi) is 5.36. The van der Waals surface area contributed by atoms with Crippen LogP contribution in [0.25, 0.3) is 0 Å². The van der Waals surface area contributed by atoms with E-state index in [2.05, 4.69) is 4.18 Å². The van der Waals surface area contributed by atoms with Gasteiger partial charge in [0.15, 0.2) is 0 Å². The molecule has 0 aromatic carbocycles. The van der Waals surface area contributed by atoms with E-state index < -0.39 is 15.6 Å². The zero-order valence-electron chi connectivity index (χ0n) is 13.3. The Morgan fingerprint density at radius 2 is 2.04 bits per heavy atom. The average Bonchev–Trinajstić information content (AvgIpc) is 2.44. The molecule has 24 heavy (non-hydrogen) atoms. The van der Waals surface area contributed by atoms with Gasteiger partial charge in [0.1, 0.15) is 5.76 Å². The monoisotopic (exact) mass is 371 g/mol. The Labute approximate surface area is 138 Å². The number of carbonyl (C=O) groups is 1. The summed E-state index contributed by atoms with van der Waals surface area (Å²) in [6.45, 7) is 3.26. The first kappa shape index (κ1) is 18.9. The number of carbonyl (C=O) groups excluding carboxylic acids is 1. The largest absolute Gasteiger partial charge is 0.534 e. The van der Waals surface area contributed by atoms with E-state index in [1.54, 1.807) is 4.90 Å². The second-order valence-corrected chi connectivity index (χ2v) is 7.72. The number of alkyl halides is 3. The molecule has 1 amide bonds. The summed E-state index contributed by atoms with van der Waals surface area (Å²) in [4.78, 5) is 13.3. The Balaban J connectivity index is 1.83. The normalized spacial score (nSPS) is 20.3. The van der Waals surface area contributed by atoms with Crippen LogP contribution in [0.5, 0.6) is 0 Å². The fraction of sp³-hybridized carbons (Fsp3) is 0.786. The van der Waals surface area contributed by atoms with Gasteiger partial charge < -0.3 is 13.8 Å². The maximum absolute atomic E-state index is 12.3. The first-order valence-corrected chi connectivity index (χ1v) is 9.11. The van der Waals surface area contributed by atoms with Crippen LogP contribution in [-0.4, -0.2) is 44.6 Å². The highest BCUT2D eigenvalue weighted by molar-refractivity contribution is 7.87. The van der Waals surface area contributed by atoms with Crippen molar-refractivity contribution in [3.8, 4) is 0 Å². The van der Waals surface area contributed by atoms with Crippen LogP contribution in [0.1, 0.15) is 39.0 Å². The summed E-state index contributed by atoms with van der Waals surface area (Å²) in [5.41, 5.74) is -5.66. The van der Waals surface area contributed by atoms with E-state index in [4.69, 9.17) is 4.74 Å². The molecule has 0 N–H and O–H groups in total. The zero-order chi connectivity index (χ0) is 18.0. The Hall–Kier alpha value is -1.45. The van der Waals surface area contributed by atoms with Crippen molar-refractivity contribution in [1.82, 2.24) is 4.90 Å². The molecule has 0 radical (unpaired) electrons. The SMILES string of the molecule is CCCCOC(=O)N1CC2(CC=C(OS(=O)(=O)C(F)(F)F)CC2)C1. The third-order valence-electron chi connectivity index (χ3n) is 4.20. The molecule has 1 spiro atoms. The van der Waals surface area contributed by atoms with Crippen molar-refractivity contribution < 1.29 is 35.3 Å². The number of halogens is 3. The van der Waals surface area contributed by atoms with Gasteiger partial charge in [-0.3, -0.25) is 0 Å². The lowest BCUT2D eigenvalue weighted by molar-refractivity contribution is -0.0531. The number of hydrogen-bond donors (Lipinski definition) is 0. The summed E-state index contributed by atoms with van der Waals surface area (Å²) in [5, 5.41) is 0. The molecule has 0 unspecified atom stereocenters. The van der Waals surface area contributed by atoms with Crippen molar-refractivity contribution >= 4 is 16.2 Å². The minimum Gasteiger partial charge on any atom is -0.449 e. The average molecular weight is 371 g/mol. The van der Waals surface area contributed by atoms with E-state index in [-0.39, 0.29) is 23.7 Å². The van der Waals surface area contributed by atoms with Gasteiger partial charge in [0.2, 0.25) is 0 Å². The maximum Gasteiger partial charge on any atom is 0.534 e. The lowest BCUT2D eigenvalue weighted by atomic mass is 9.71. The van der Waals surface area contributed by atoms with E-state index in [1.165, 1.54) is 6.08 Å². The number of ether oxygens (including phenoxy) is 1. The molecule has 0 aromatic rings. The van der Waals surface area contributed by atoms with Crippen LogP contribution in [0.4, 0.5) is 18.0 Å². The Bertz CT molecular complexity index is 608. The number of nitrogens with zero attached hydrogens (tertiary/aromatic N) is 1. The van der Waals surface area contributed by atoms with Gasteiger partial charge in [-0.15, -0.1) is 0 Å². The van der Waals surface area contributed by atoms with E-state index in [9.17, 15) is 26.4 Å². The molecule has 0 aromatic heterocycles. The molecular weight excluding hydrogens is 351 g/mol. The predicted octanol–water partition coefficient (Wildman–Crippen LogP) is 3.16. The standard InChI is InChI=1S/C14H20F3NO5S/c1-2-3-8-22-12(19)18-9-13(10-18)6-4-11(5-7-13)23-24(20,21)14(15,16)17/h4H,2-3,5-10H2,1H3. The molecule has 1 fully saturated rings. The number of allylic oxidation sites excluding steroid dienone is 2. The fourth-order valence-electron chi connectivity index (χ4n) is 2.76. The lowest BCUT2D eigenvalue weighted by Gasteiger charge is -2.50. The highest BCUT2D eigenvalue weighted by Gasteiger charge is 2.50. The van der Waals surface area contributed by atoms with Gasteiger partial charge >= 0.3 is 21.7 Å². The van der Waals surface area contributed by atoms with Gasteiger partial charge in [-0.05, 0) is 25.3 Å². The van der Waals surface area contributed by atoms with Gasteiger partial charge in [-0.2, -0.15) is 21.6 Å². The number of hydrogen-bond acceptors (Lipinski definition) is 5. The fourth-order valence-corrected chi connectivity index (χ4v) is 3.29. The quantitative estimate of drug-likeness (QED) is 0.422. The Morgan fingerprint density at radius 3 is 2.54 bits per heavy atom. The third-order valence-corrected chi connectivity index (χ3v) is 5.20. The summed E-state index contributed by atoms with van der Waals surface area (Å²) < 4.78 is 68.0. The van der Waals surface area contributed by atoms with E-state index >= 15 is 0 Å². The van der Waals surface area contributed by atoms with Crippen molar-refractivity contribution in [2.45, 2.75) is 44.5 Å². The van der Waals surface area contributed by atoms with Crippen LogP contribution >= 0.6 is 0 Å². The summed E-state index contributed by atoms with van der Waals surface area (Å²) in [5.74, 6) is -0.193. The van der Waals surface area contributed by atoms with Crippen molar-refractivity contribution in [3.05, 3.63) is 11.8 Å². The molecule has 2 aliphatic rings. The minimum atomic E-state index is -5.61. The van der Waals surface area contributed by atoms with Crippen molar-refractivity contribution in [1.29, 1.82) is 0 Å². The number of likely N-dealkylation sites (tertiary alicyclic amines) is 1. The third kappa shape index (κ3) is 4.14. The molecule has 2 rings (SSSR count). The maximum atomic E-state index is 12.3. The van der Waals surface area contributed by atoms with Crippen LogP contribution in [0.15, 0.2) is 11.8 Å². The van der Waals surface area contributed by atoms with Gasteiger partial charge in [0.25, 0.3) is 0 Å². The summed E-state index contributed by atoms with van der Waals surface area (Å²) in [6, 6.07) is 0. The molecular formula is C14H20F3NO5S. The smallest absolute Gasteiger partial charge is 0.449 e. The van der Waals surface area contributed by atoms with Crippen LogP contribution in [-0.2, 0) is 19.0 Å². The van der Waals surface area contributed by atoms with Gasteiger partial charge in [-0.1, -0.05) is 13.3 Å². The first-order chi connectivity index (χ1) is 11.1. The molecule has 0 atom stereocenters. The van der Waals surface area contributed by atoms with Crippen LogP contribution in [0.3, 0.4) is 0 Å². The summed E-state index contributed by atoms with van der Waals surface area (Å²) in [7, 11) is -5.61. The molecule has 1 aliphatic carbocycles. The van der Waals surface area contributed by atoms with Crippen molar-refractivity contribution in [2.24, 2.45) is 5.41 Å². The van der Waals surface area contributed by atoms with Crippen molar-refractivity contribution in [3.63, 3.8) is 0 Å². The minimum absolute atomic E-state index is 0.0913. The molecule has 0 bridgehead atoms. The van der Waals surface area contributed by atoms with Crippen molar-refractivity contribution in [2.75, 3.05) is 19.7 Å². The number of rotatable bonds is 5. The first-order valence-electron chi connectivity index (χ1n) is 7.70. The van der Waals surface area contributed by atoms with Crippen LogP contribution < -0.4 is 0 Å². The molecule has 6 nitrogen and oxygen atoms in total. The summed E-state index contributed by atoms with van der Waals surface area (Å²) >= 11 is 0. The molecule has 0 saturated carbocycles. The number of unbranched alkanes of at least 4 members (excludes halogenated alkanes) is 1.